The first-order valence-electron chi connectivity index (χ1n) is 2.30. The maximum absolute atomic E-state index is 8.34. The van der Waals surface area contributed by atoms with Crippen LogP contribution in [0.25, 0.3) is 0 Å². The second-order valence-electron chi connectivity index (χ2n) is 1.84. The average molecular weight is 174 g/mol. The second-order valence-corrected chi connectivity index (χ2v) is 1.84. The Kier molecular flexibility index (Phi) is 12.0. The summed E-state index contributed by atoms with van der Waals surface area (Å²) in [5.74, 6) is 0. The Hall–Kier alpha value is 0.130. The molecular weight excluding hydrogens is 158 g/mol. The van der Waals surface area contributed by atoms with Crippen LogP contribution < -0.4 is 5.73 Å². The summed E-state index contributed by atoms with van der Waals surface area (Å²) in [5.41, 5.74) is 3.94. The largest absolute Gasteiger partial charge is 0.394 e. The standard InChI is InChI=1S/C4H11NO3.CH4.ClH/c5-4(1-6,2-7)3-8;;/h6-8H,1-3,5H2;1H4;1H. The molecular formula is C5H16ClNO3. The predicted octanol–water partition coefficient (Wildman–Crippen LogP) is -1.28. The molecule has 0 saturated carbocycles. The number of hydrogen-bond donors (Lipinski definition) is 4. The highest BCUT2D eigenvalue weighted by molar-refractivity contribution is 5.85. The second kappa shape index (κ2) is 7.24. The van der Waals surface area contributed by atoms with Gasteiger partial charge in [0.1, 0.15) is 0 Å². The summed E-state index contributed by atoms with van der Waals surface area (Å²) < 4.78 is 0. The van der Waals surface area contributed by atoms with Gasteiger partial charge < -0.3 is 21.1 Å². The van der Waals surface area contributed by atoms with E-state index in [1.165, 1.54) is 0 Å². The van der Waals surface area contributed by atoms with Crippen molar-refractivity contribution in [2.45, 2.75) is 13.0 Å². The zero-order valence-electron chi connectivity index (χ0n) is 4.95. The minimum Gasteiger partial charge on any atom is -0.394 e. The van der Waals surface area contributed by atoms with Crippen LogP contribution in [0.5, 0.6) is 0 Å². The van der Waals surface area contributed by atoms with Crippen molar-refractivity contribution in [3.8, 4) is 0 Å². The summed E-state index contributed by atoms with van der Waals surface area (Å²) in [7, 11) is 0. The van der Waals surface area contributed by atoms with Crippen molar-refractivity contribution in [1.82, 2.24) is 0 Å². The molecule has 0 aliphatic heterocycles. The van der Waals surface area contributed by atoms with E-state index >= 15 is 0 Å². The number of hydrogen-bond acceptors (Lipinski definition) is 4. The van der Waals surface area contributed by atoms with E-state index in [4.69, 9.17) is 21.1 Å². The molecule has 66 valence electrons. The summed E-state index contributed by atoms with van der Waals surface area (Å²) >= 11 is 0. The van der Waals surface area contributed by atoms with Gasteiger partial charge in [0.25, 0.3) is 0 Å². The highest BCUT2D eigenvalue weighted by Crippen LogP contribution is 1.93. The van der Waals surface area contributed by atoms with Gasteiger partial charge in [-0.05, 0) is 0 Å². The molecule has 0 rings (SSSR count). The molecule has 5 heteroatoms. The SMILES string of the molecule is C.Cl.NC(CO)(CO)CO. The lowest BCUT2D eigenvalue weighted by Gasteiger charge is -2.20. The Bertz CT molecular complexity index is 59.6. The monoisotopic (exact) mass is 173 g/mol. The van der Waals surface area contributed by atoms with Gasteiger partial charge in [0.15, 0.2) is 0 Å². The molecule has 10 heavy (non-hydrogen) atoms. The fourth-order valence-electron chi connectivity index (χ4n) is 0.150. The van der Waals surface area contributed by atoms with Crippen LogP contribution in [-0.4, -0.2) is 40.7 Å². The zero-order chi connectivity index (χ0) is 6.62. The van der Waals surface area contributed by atoms with Gasteiger partial charge in [-0.3, -0.25) is 0 Å². The van der Waals surface area contributed by atoms with E-state index in [2.05, 4.69) is 0 Å². The molecule has 0 unspecified atom stereocenters. The van der Waals surface area contributed by atoms with Crippen molar-refractivity contribution in [3.63, 3.8) is 0 Å². The van der Waals surface area contributed by atoms with Crippen LogP contribution in [0.15, 0.2) is 0 Å². The molecule has 4 nitrogen and oxygen atoms in total. The quantitative estimate of drug-likeness (QED) is 0.428. The van der Waals surface area contributed by atoms with Crippen LogP contribution in [0.3, 0.4) is 0 Å². The molecule has 0 heterocycles. The van der Waals surface area contributed by atoms with Crippen LogP contribution in [0.2, 0.25) is 0 Å². The molecule has 0 aliphatic rings. The van der Waals surface area contributed by atoms with Crippen molar-refractivity contribution in [2.24, 2.45) is 5.73 Å². The molecule has 0 aromatic rings. The van der Waals surface area contributed by atoms with Gasteiger partial charge in [-0.2, -0.15) is 0 Å². The molecule has 0 aliphatic carbocycles. The average Bonchev–Trinajstić information content (AvgIpc) is 1.87. The Labute approximate surface area is 67.1 Å². The first kappa shape index (κ1) is 16.6. The van der Waals surface area contributed by atoms with E-state index in [1.807, 2.05) is 0 Å². The van der Waals surface area contributed by atoms with Gasteiger partial charge in [0.2, 0.25) is 0 Å². The third-order valence-corrected chi connectivity index (χ3v) is 0.945. The van der Waals surface area contributed by atoms with Crippen molar-refractivity contribution >= 4 is 12.4 Å². The first-order valence-corrected chi connectivity index (χ1v) is 2.30. The van der Waals surface area contributed by atoms with Crippen LogP contribution in [0.1, 0.15) is 7.43 Å². The maximum atomic E-state index is 8.34. The van der Waals surface area contributed by atoms with Crippen LogP contribution in [-0.2, 0) is 0 Å². The first-order chi connectivity index (χ1) is 3.68. The van der Waals surface area contributed by atoms with Gasteiger partial charge in [-0.15, -0.1) is 12.4 Å². The molecule has 0 fully saturated rings. The van der Waals surface area contributed by atoms with Crippen molar-refractivity contribution in [1.29, 1.82) is 0 Å². The number of aliphatic hydroxyl groups is 3. The highest BCUT2D eigenvalue weighted by Gasteiger charge is 2.20. The highest BCUT2D eigenvalue weighted by atomic mass is 35.5. The zero-order valence-corrected chi connectivity index (χ0v) is 5.77. The third kappa shape index (κ3) is 4.96. The summed E-state index contributed by atoms with van der Waals surface area (Å²) in [5, 5.41) is 25.0. The molecule has 0 amide bonds. The van der Waals surface area contributed by atoms with Gasteiger partial charge in [-0.1, -0.05) is 7.43 Å². The van der Waals surface area contributed by atoms with Crippen molar-refractivity contribution in [3.05, 3.63) is 0 Å². The summed E-state index contributed by atoms with van der Waals surface area (Å²) in [6.07, 6.45) is 0. The fourth-order valence-corrected chi connectivity index (χ4v) is 0.150. The smallest absolute Gasteiger partial charge is 0.0856 e. The predicted molar refractivity (Wildman–Crippen MR) is 42.2 cm³/mol. The molecule has 0 spiro atoms. The fraction of sp³-hybridized carbons (Fsp3) is 1.00. The summed E-state index contributed by atoms with van der Waals surface area (Å²) in [6, 6.07) is 0. The Morgan fingerprint density at radius 1 is 1.00 bits per heavy atom. The van der Waals surface area contributed by atoms with E-state index in [0.29, 0.717) is 0 Å². The molecule has 0 saturated heterocycles. The normalized spacial score (nSPS) is 9.60. The van der Waals surface area contributed by atoms with E-state index in [9.17, 15) is 0 Å². The molecule has 5 N–H and O–H groups in total. The molecule has 0 atom stereocenters. The van der Waals surface area contributed by atoms with E-state index in [-0.39, 0.29) is 19.8 Å². The topological polar surface area (TPSA) is 86.7 Å². The number of halogens is 1. The molecule has 0 aromatic carbocycles. The van der Waals surface area contributed by atoms with Crippen LogP contribution >= 0.6 is 12.4 Å². The van der Waals surface area contributed by atoms with Crippen molar-refractivity contribution in [2.75, 3.05) is 19.8 Å². The minimum absolute atomic E-state index is 0. The minimum atomic E-state index is -1.21. The number of nitrogens with two attached hydrogens (primary N) is 1. The molecule has 0 radical (unpaired) electrons. The third-order valence-electron chi connectivity index (χ3n) is 0.945. The maximum Gasteiger partial charge on any atom is 0.0856 e. The number of rotatable bonds is 3. The van der Waals surface area contributed by atoms with E-state index < -0.39 is 25.4 Å². The van der Waals surface area contributed by atoms with Gasteiger partial charge >= 0.3 is 0 Å². The lowest BCUT2D eigenvalue weighted by atomic mass is 10.1. The Balaban J connectivity index is -0.000000245. The Morgan fingerprint density at radius 3 is 1.20 bits per heavy atom. The van der Waals surface area contributed by atoms with E-state index in [0.717, 1.165) is 0 Å². The Morgan fingerprint density at radius 2 is 1.20 bits per heavy atom. The van der Waals surface area contributed by atoms with Crippen molar-refractivity contribution < 1.29 is 15.3 Å². The summed E-state index contributed by atoms with van der Waals surface area (Å²) in [6.45, 7) is -1.21. The van der Waals surface area contributed by atoms with Gasteiger partial charge in [0.05, 0.1) is 25.4 Å². The van der Waals surface area contributed by atoms with Gasteiger partial charge in [-0.25, -0.2) is 0 Å². The lowest BCUT2D eigenvalue weighted by molar-refractivity contribution is 0.0698. The van der Waals surface area contributed by atoms with Gasteiger partial charge in [0, 0.05) is 0 Å². The van der Waals surface area contributed by atoms with Crippen LogP contribution in [0.4, 0.5) is 0 Å². The molecule has 0 bridgehead atoms. The lowest BCUT2D eigenvalue weighted by Crippen LogP contribution is -2.50. The van der Waals surface area contributed by atoms with E-state index in [1.54, 1.807) is 0 Å². The van der Waals surface area contributed by atoms with Crippen LogP contribution in [0, 0.1) is 0 Å². The summed E-state index contributed by atoms with van der Waals surface area (Å²) in [4.78, 5) is 0. The number of aliphatic hydroxyl groups excluding tert-OH is 3. The molecule has 0 aromatic heterocycles.